The first-order chi connectivity index (χ1) is 12.4. The molecule has 2 aromatic rings. The molecule has 1 aliphatic heterocycles. The minimum absolute atomic E-state index is 0.0809. The SMILES string of the molecule is Cc1ccc(-n2ncc(C(=O)N3CCC[C@H]([C@@H](C)N)C3)c2C(C)C)cc1. The van der Waals surface area contributed by atoms with E-state index in [-0.39, 0.29) is 17.9 Å². The highest BCUT2D eigenvalue weighted by Gasteiger charge is 2.29. The third kappa shape index (κ3) is 3.68. The van der Waals surface area contributed by atoms with Gasteiger partial charge < -0.3 is 10.6 Å². The van der Waals surface area contributed by atoms with Crippen molar-refractivity contribution in [2.45, 2.75) is 52.5 Å². The van der Waals surface area contributed by atoms with E-state index in [1.54, 1.807) is 6.20 Å². The first kappa shape index (κ1) is 18.6. The second-order valence-electron chi connectivity index (χ2n) is 7.86. The molecule has 0 bridgehead atoms. The van der Waals surface area contributed by atoms with Crippen LogP contribution in [-0.4, -0.2) is 39.7 Å². The number of likely N-dealkylation sites (tertiary alicyclic amines) is 1. The van der Waals surface area contributed by atoms with Crippen LogP contribution in [0.4, 0.5) is 0 Å². The molecule has 1 amide bonds. The Morgan fingerprint density at radius 1 is 1.23 bits per heavy atom. The van der Waals surface area contributed by atoms with Crippen molar-refractivity contribution in [3.8, 4) is 5.69 Å². The molecule has 2 heterocycles. The number of aromatic nitrogens is 2. The molecule has 0 unspecified atom stereocenters. The first-order valence-corrected chi connectivity index (χ1v) is 9.58. The van der Waals surface area contributed by atoms with Crippen LogP contribution in [0.5, 0.6) is 0 Å². The Morgan fingerprint density at radius 3 is 2.54 bits per heavy atom. The maximum Gasteiger partial charge on any atom is 0.257 e. The molecule has 0 radical (unpaired) electrons. The van der Waals surface area contributed by atoms with E-state index in [1.807, 2.05) is 16.5 Å². The van der Waals surface area contributed by atoms with Gasteiger partial charge in [-0.2, -0.15) is 5.10 Å². The van der Waals surface area contributed by atoms with E-state index in [9.17, 15) is 4.79 Å². The summed E-state index contributed by atoms with van der Waals surface area (Å²) in [6.07, 6.45) is 3.84. The smallest absolute Gasteiger partial charge is 0.257 e. The summed E-state index contributed by atoms with van der Waals surface area (Å²) in [6.45, 7) is 9.86. The lowest BCUT2D eigenvalue weighted by Gasteiger charge is -2.34. The minimum atomic E-state index is 0.0809. The third-order valence-electron chi connectivity index (χ3n) is 5.35. The summed E-state index contributed by atoms with van der Waals surface area (Å²) in [6, 6.07) is 8.36. The number of hydrogen-bond acceptors (Lipinski definition) is 3. The van der Waals surface area contributed by atoms with Crippen molar-refractivity contribution < 1.29 is 4.79 Å². The molecule has 5 heteroatoms. The van der Waals surface area contributed by atoms with E-state index in [0.29, 0.717) is 11.5 Å². The molecule has 2 N–H and O–H groups in total. The molecule has 140 valence electrons. The predicted molar refractivity (Wildman–Crippen MR) is 105 cm³/mol. The van der Waals surface area contributed by atoms with Gasteiger partial charge in [0.15, 0.2) is 0 Å². The maximum atomic E-state index is 13.2. The molecular weight excluding hydrogens is 324 g/mol. The highest BCUT2D eigenvalue weighted by molar-refractivity contribution is 5.95. The summed E-state index contributed by atoms with van der Waals surface area (Å²) < 4.78 is 1.91. The molecule has 1 aromatic heterocycles. The van der Waals surface area contributed by atoms with Gasteiger partial charge in [0.1, 0.15) is 0 Å². The van der Waals surface area contributed by atoms with Crippen LogP contribution in [0, 0.1) is 12.8 Å². The molecule has 1 saturated heterocycles. The zero-order valence-corrected chi connectivity index (χ0v) is 16.3. The monoisotopic (exact) mass is 354 g/mol. The number of hydrogen-bond donors (Lipinski definition) is 1. The van der Waals surface area contributed by atoms with Crippen LogP contribution in [0.2, 0.25) is 0 Å². The van der Waals surface area contributed by atoms with Crippen LogP contribution in [-0.2, 0) is 0 Å². The summed E-state index contributed by atoms with van der Waals surface area (Å²) in [5.74, 6) is 0.659. The minimum Gasteiger partial charge on any atom is -0.338 e. The number of benzene rings is 1. The van der Waals surface area contributed by atoms with Crippen molar-refractivity contribution in [1.82, 2.24) is 14.7 Å². The number of rotatable bonds is 4. The molecule has 1 fully saturated rings. The zero-order chi connectivity index (χ0) is 18.8. The number of aryl methyl sites for hydroxylation is 1. The van der Waals surface area contributed by atoms with Gasteiger partial charge in [-0.3, -0.25) is 4.79 Å². The molecule has 1 aliphatic rings. The Morgan fingerprint density at radius 2 is 1.92 bits per heavy atom. The number of nitrogens with two attached hydrogens (primary N) is 1. The zero-order valence-electron chi connectivity index (χ0n) is 16.3. The third-order valence-corrected chi connectivity index (χ3v) is 5.35. The topological polar surface area (TPSA) is 64.2 Å². The lowest BCUT2D eigenvalue weighted by Crippen LogP contribution is -2.45. The normalized spacial score (nSPS) is 19.0. The number of amides is 1. The fraction of sp³-hybridized carbons (Fsp3) is 0.524. The van der Waals surface area contributed by atoms with E-state index < -0.39 is 0 Å². The molecule has 2 atom stereocenters. The largest absolute Gasteiger partial charge is 0.338 e. The van der Waals surface area contributed by atoms with Crippen molar-refractivity contribution in [1.29, 1.82) is 0 Å². The number of piperidine rings is 1. The van der Waals surface area contributed by atoms with Gasteiger partial charge in [0.25, 0.3) is 5.91 Å². The van der Waals surface area contributed by atoms with Gasteiger partial charge >= 0.3 is 0 Å². The predicted octanol–water partition coefficient (Wildman–Crippen LogP) is 3.50. The van der Waals surface area contributed by atoms with Gasteiger partial charge in [-0.15, -0.1) is 0 Å². The quantitative estimate of drug-likeness (QED) is 0.914. The van der Waals surface area contributed by atoms with Crippen molar-refractivity contribution in [2.75, 3.05) is 13.1 Å². The van der Waals surface area contributed by atoms with Crippen molar-refractivity contribution in [3.05, 3.63) is 47.3 Å². The molecule has 3 rings (SSSR count). The Labute approximate surface area is 156 Å². The van der Waals surface area contributed by atoms with Crippen LogP contribution in [0.15, 0.2) is 30.5 Å². The summed E-state index contributed by atoms with van der Waals surface area (Å²) in [5, 5.41) is 4.55. The second-order valence-corrected chi connectivity index (χ2v) is 7.86. The second kappa shape index (κ2) is 7.62. The molecule has 0 saturated carbocycles. The van der Waals surface area contributed by atoms with Gasteiger partial charge in [0, 0.05) is 19.1 Å². The van der Waals surface area contributed by atoms with Crippen molar-refractivity contribution in [2.24, 2.45) is 11.7 Å². The Balaban J connectivity index is 1.92. The van der Waals surface area contributed by atoms with E-state index in [4.69, 9.17) is 5.73 Å². The van der Waals surface area contributed by atoms with Crippen molar-refractivity contribution >= 4 is 5.91 Å². The van der Waals surface area contributed by atoms with E-state index in [1.165, 1.54) is 5.56 Å². The Bertz CT molecular complexity index is 761. The van der Waals surface area contributed by atoms with Gasteiger partial charge in [-0.05, 0) is 50.7 Å². The standard InChI is InChI=1S/C21H30N4O/c1-14(2)20-19(12-23-25(20)18-9-7-15(3)8-10-18)21(26)24-11-5-6-17(13-24)16(4)22/h7-10,12,14,16-17H,5-6,11,13,22H2,1-4H3/t16-,17+/m1/s1. The van der Waals surface area contributed by atoms with Crippen LogP contribution in [0.3, 0.4) is 0 Å². The molecule has 5 nitrogen and oxygen atoms in total. The summed E-state index contributed by atoms with van der Waals surface area (Å²) in [5.41, 5.74) is 9.97. The van der Waals surface area contributed by atoms with Crippen molar-refractivity contribution in [3.63, 3.8) is 0 Å². The lowest BCUT2D eigenvalue weighted by molar-refractivity contribution is 0.0659. The number of carbonyl (C=O) groups is 1. The fourth-order valence-electron chi connectivity index (χ4n) is 3.76. The summed E-state index contributed by atoms with van der Waals surface area (Å²) >= 11 is 0. The van der Waals surface area contributed by atoms with Crippen LogP contribution in [0.1, 0.15) is 61.1 Å². The average molecular weight is 354 g/mol. The lowest BCUT2D eigenvalue weighted by atomic mass is 9.91. The molecular formula is C21H30N4O. The van der Waals surface area contributed by atoms with Gasteiger partial charge in [0.2, 0.25) is 0 Å². The Hall–Kier alpha value is -2.14. The fourth-order valence-corrected chi connectivity index (χ4v) is 3.76. The van der Waals surface area contributed by atoms with Gasteiger partial charge in [-0.1, -0.05) is 31.5 Å². The Kier molecular flexibility index (Phi) is 5.47. The average Bonchev–Trinajstić information content (AvgIpc) is 3.07. The molecule has 26 heavy (non-hydrogen) atoms. The number of nitrogens with zero attached hydrogens (tertiary/aromatic N) is 3. The van der Waals surface area contributed by atoms with Gasteiger partial charge in [0.05, 0.1) is 23.1 Å². The highest BCUT2D eigenvalue weighted by Crippen LogP contribution is 2.27. The molecule has 0 aliphatic carbocycles. The first-order valence-electron chi connectivity index (χ1n) is 9.58. The van der Waals surface area contributed by atoms with E-state index >= 15 is 0 Å². The van der Waals surface area contributed by atoms with Crippen LogP contribution >= 0.6 is 0 Å². The van der Waals surface area contributed by atoms with E-state index in [2.05, 4.69) is 50.1 Å². The van der Waals surface area contributed by atoms with Gasteiger partial charge in [-0.25, -0.2) is 4.68 Å². The highest BCUT2D eigenvalue weighted by atomic mass is 16.2. The summed E-state index contributed by atoms with van der Waals surface area (Å²) in [7, 11) is 0. The molecule has 0 spiro atoms. The summed E-state index contributed by atoms with van der Waals surface area (Å²) in [4.78, 5) is 15.2. The van der Waals surface area contributed by atoms with E-state index in [0.717, 1.165) is 37.3 Å². The molecule has 1 aromatic carbocycles. The van der Waals surface area contributed by atoms with Crippen LogP contribution < -0.4 is 5.73 Å². The number of carbonyl (C=O) groups excluding carboxylic acids is 1. The van der Waals surface area contributed by atoms with Crippen LogP contribution in [0.25, 0.3) is 5.69 Å². The maximum absolute atomic E-state index is 13.2.